The molecule has 0 aliphatic carbocycles. The van der Waals surface area contributed by atoms with Crippen LogP contribution in [-0.4, -0.2) is 5.97 Å². The summed E-state index contributed by atoms with van der Waals surface area (Å²) in [6.07, 6.45) is 0. The van der Waals surface area contributed by atoms with Gasteiger partial charge in [-0.25, -0.2) is 0 Å². The van der Waals surface area contributed by atoms with E-state index in [-0.39, 0.29) is 0 Å². The Morgan fingerprint density at radius 1 is 1.13 bits per heavy atom. The summed E-state index contributed by atoms with van der Waals surface area (Å²) >= 11 is 0. The van der Waals surface area contributed by atoms with Crippen molar-refractivity contribution in [3.05, 3.63) is 48.0 Å². The number of benzene rings is 2. The van der Waals surface area contributed by atoms with Crippen LogP contribution < -0.4 is 5.11 Å². The van der Waals surface area contributed by atoms with Crippen molar-refractivity contribution in [2.45, 2.75) is 12.8 Å². The van der Waals surface area contributed by atoms with Crippen molar-refractivity contribution in [1.29, 1.82) is 0 Å². The Morgan fingerprint density at radius 2 is 1.80 bits per heavy atom. The summed E-state index contributed by atoms with van der Waals surface area (Å²) in [6, 6.07) is 13.4. The van der Waals surface area contributed by atoms with Gasteiger partial charge in [0.1, 0.15) is 0 Å². The maximum absolute atomic E-state index is 10.8. The molecule has 2 aromatic carbocycles. The van der Waals surface area contributed by atoms with Gasteiger partial charge in [-0.1, -0.05) is 49.4 Å². The molecule has 0 aromatic heterocycles. The summed E-state index contributed by atoms with van der Waals surface area (Å²) in [6.45, 7) is 1.65. The predicted molar refractivity (Wildman–Crippen MR) is 57.4 cm³/mol. The predicted octanol–water partition coefficient (Wildman–Crippen LogP) is 1.69. The van der Waals surface area contributed by atoms with E-state index in [0.29, 0.717) is 0 Å². The quantitative estimate of drug-likeness (QED) is 0.738. The minimum absolute atomic E-state index is 0.573. The lowest BCUT2D eigenvalue weighted by Crippen LogP contribution is -2.28. The molecular weight excluding hydrogens is 188 g/mol. The van der Waals surface area contributed by atoms with E-state index in [1.165, 1.54) is 0 Å². The highest BCUT2D eigenvalue weighted by atomic mass is 16.4. The van der Waals surface area contributed by atoms with E-state index < -0.39 is 11.9 Å². The van der Waals surface area contributed by atoms with Gasteiger partial charge in [0.15, 0.2) is 0 Å². The topological polar surface area (TPSA) is 40.1 Å². The number of rotatable bonds is 2. The summed E-state index contributed by atoms with van der Waals surface area (Å²) in [4.78, 5) is 10.8. The Morgan fingerprint density at radius 3 is 2.53 bits per heavy atom. The second-order valence-corrected chi connectivity index (χ2v) is 3.61. The van der Waals surface area contributed by atoms with E-state index >= 15 is 0 Å². The standard InChI is InChI=1S/C13H12O2/c1-9(13(14)15)11-8-4-6-10-5-2-3-7-12(10)11/h2-9H,1H3,(H,14,15)/p-1/t9-/m0/s1. The molecule has 2 rings (SSSR count). The molecule has 0 fully saturated rings. The molecule has 0 bridgehead atoms. The van der Waals surface area contributed by atoms with Gasteiger partial charge in [-0.2, -0.15) is 0 Å². The molecule has 0 spiro atoms. The van der Waals surface area contributed by atoms with Crippen LogP contribution in [0.15, 0.2) is 42.5 Å². The molecule has 0 aliphatic heterocycles. The van der Waals surface area contributed by atoms with E-state index in [9.17, 15) is 9.90 Å². The summed E-state index contributed by atoms with van der Waals surface area (Å²) in [5.41, 5.74) is 0.813. The fourth-order valence-electron chi connectivity index (χ4n) is 1.76. The van der Waals surface area contributed by atoms with Gasteiger partial charge in [-0.15, -0.1) is 0 Å². The second kappa shape index (κ2) is 3.73. The van der Waals surface area contributed by atoms with Crippen LogP contribution in [0.25, 0.3) is 10.8 Å². The molecule has 0 amide bonds. The van der Waals surface area contributed by atoms with Crippen LogP contribution in [0, 0.1) is 0 Å². The zero-order valence-corrected chi connectivity index (χ0v) is 8.44. The Balaban J connectivity index is 2.65. The van der Waals surface area contributed by atoms with Crippen molar-refractivity contribution in [2.75, 3.05) is 0 Å². The molecule has 0 heterocycles. The largest absolute Gasteiger partial charge is 0.550 e. The minimum Gasteiger partial charge on any atom is -0.550 e. The van der Waals surface area contributed by atoms with Crippen LogP contribution in [0.2, 0.25) is 0 Å². The van der Waals surface area contributed by atoms with Crippen LogP contribution >= 0.6 is 0 Å². The number of aliphatic carboxylic acids is 1. The Labute approximate surface area is 88.2 Å². The van der Waals surface area contributed by atoms with E-state index in [1.807, 2.05) is 42.5 Å². The maximum Gasteiger partial charge on any atom is 0.0486 e. The van der Waals surface area contributed by atoms with E-state index in [2.05, 4.69) is 0 Å². The monoisotopic (exact) mass is 199 g/mol. The van der Waals surface area contributed by atoms with Crippen LogP contribution in [0.4, 0.5) is 0 Å². The molecular formula is C13H11O2-. The number of hydrogen-bond acceptors (Lipinski definition) is 2. The Hall–Kier alpha value is -1.83. The average Bonchev–Trinajstić information content (AvgIpc) is 2.27. The molecule has 2 aromatic rings. The zero-order valence-electron chi connectivity index (χ0n) is 8.44. The van der Waals surface area contributed by atoms with Crippen molar-refractivity contribution in [1.82, 2.24) is 0 Å². The lowest BCUT2D eigenvalue weighted by molar-refractivity contribution is -0.307. The van der Waals surface area contributed by atoms with Crippen LogP contribution in [0.1, 0.15) is 18.4 Å². The van der Waals surface area contributed by atoms with Gasteiger partial charge in [-0.3, -0.25) is 0 Å². The van der Waals surface area contributed by atoms with E-state index in [4.69, 9.17) is 0 Å². The van der Waals surface area contributed by atoms with Crippen molar-refractivity contribution in [2.24, 2.45) is 0 Å². The van der Waals surface area contributed by atoms with Crippen molar-refractivity contribution in [3.8, 4) is 0 Å². The first-order valence-corrected chi connectivity index (χ1v) is 4.88. The summed E-state index contributed by atoms with van der Waals surface area (Å²) < 4.78 is 0. The first-order chi connectivity index (χ1) is 7.20. The molecule has 0 saturated heterocycles. The van der Waals surface area contributed by atoms with Gasteiger partial charge in [0.05, 0.1) is 0 Å². The van der Waals surface area contributed by atoms with Crippen LogP contribution in [0.5, 0.6) is 0 Å². The number of carboxylic acid groups (broad SMARTS) is 1. The van der Waals surface area contributed by atoms with Crippen LogP contribution in [0.3, 0.4) is 0 Å². The third kappa shape index (κ3) is 1.71. The average molecular weight is 199 g/mol. The number of carboxylic acids is 1. The molecule has 0 N–H and O–H groups in total. The third-order valence-electron chi connectivity index (χ3n) is 2.64. The molecule has 15 heavy (non-hydrogen) atoms. The Bertz CT molecular complexity index is 497. The smallest absolute Gasteiger partial charge is 0.0486 e. The first kappa shape index (κ1) is 9.71. The second-order valence-electron chi connectivity index (χ2n) is 3.61. The van der Waals surface area contributed by atoms with Gasteiger partial charge >= 0.3 is 0 Å². The first-order valence-electron chi connectivity index (χ1n) is 4.88. The number of fused-ring (bicyclic) bond motifs is 1. The van der Waals surface area contributed by atoms with Gasteiger partial charge < -0.3 is 9.90 Å². The highest BCUT2D eigenvalue weighted by molar-refractivity contribution is 5.90. The summed E-state index contributed by atoms with van der Waals surface area (Å²) in [5.74, 6) is -1.61. The van der Waals surface area contributed by atoms with Crippen LogP contribution in [-0.2, 0) is 4.79 Å². The van der Waals surface area contributed by atoms with Crippen molar-refractivity contribution >= 4 is 16.7 Å². The zero-order chi connectivity index (χ0) is 10.8. The fraction of sp³-hybridized carbons (Fsp3) is 0.154. The van der Waals surface area contributed by atoms with Crippen molar-refractivity contribution < 1.29 is 9.90 Å². The maximum atomic E-state index is 10.8. The lowest BCUT2D eigenvalue weighted by Gasteiger charge is -2.15. The lowest BCUT2D eigenvalue weighted by atomic mass is 9.95. The SMILES string of the molecule is C[C@H](C(=O)[O-])c1cccc2ccccc12. The number of hydrogen-bond donors (Lipinski definition) is 0. The third-order valence-corrected chi connectivity index (χ3v) is 2.64. The number of carbonyl (C=O) groups excluding carboxylic acids is 1. The number of carbonyl (C=O) groups is 1. The molecule has 0 aliphatic rings. The molecule has 0 radical (unpaired) electrons. The van der Waals surface area contributed by atoms with Crippen molar-refractivity contribution in [3.63, 3.8) is 0 Å². The van der Waals surface area contributed by atoms with Gasteiger partial charge in [-0.05, 0) is 16.3 Å². The van der Waals surface area contributed by atoms with Gasteiger partial charge in [0.25, 0.3) is 0 Å². The highest BCUT2D eigenvalue weighted by Gasteiger charge is 2.09. The molecule has 0 unspecified atom stereocenters. The fourth-order valence-corrected chi connectivity index (χ4v) is 1.76. The van der Waals surface area contributed by atoms with E-state index in [0.717, 1.165) is 16.3 Å². The minimum atomic E-state index is -1.04. The molecule has 2 nitrogen and oxygen atoms in total. The highest BCUT2D eigenvalue weighted by Crippen LogP contribution is 2.24. The molecule has 0 saturated carbocycles. The van der Waals surface area contributed by atoms with Gasteiger partial charge in [0.2, 0.25) is 0 Å². The van der Waals surface area contributed by atoms with Gasteiger partial charge in [0, 0.05) is 11.9 Å². The summed E-state index contributed by atoms with van der Waals surface area (Å²) in [5, 5.41) is 12.9. The normalized spacial score (nSPS) is 12.6. The Kier molecular flexibility index (Phi) is 2.42. The molecule has 1 atom stereocenters. The molecule has 76 valence electrons. The van der Waals surface area contributed by atoms with E-state index in [1.54, 1.807) is 6.92 Å². The molecule has 2 heteroatoms. The summed E-state index contributed by atoms with van der Waals surface area (Å²) in [7, 11) is 0.